The first-order valence-corrected chi connectivity index (χ1v) is 4.99. The fourth-order valence-corrected chi connectivity index (χ4v) is 1.59. The molecule has 0 amide bonds. The van der Waals surface area contributed by atoms with E-state index in [-0.39, 0.29) is 61.7 Å². The predicted octanol–water partition coefficient (Wildman–Crippen LogP) is -1.26. The molecule has 5 heteroatoms. The number of hydrogen-bond donors (Lipinski definition) is 0. The van der Waals surface area contributed by atoms with Crippen molar-refractivity contribution >= 4 is 60.8 Å². The number of rotatable bonds is 5. The summed E-state index contributed by atoms with van der Waals surface area (Å²) in [5, 5.41) is 21.9. The topological polar surface area (TPSA) is 80.3 Å². The molecule has 0 atom stereocenters. The van der Waals surface area contributed by atoms with Gasteiger partial charge < -0.3 is 19.8 Å². The second-order valence-electron chi connectivity index (χ2n) is 3.67. The summed E-state index contributed by atoms with van der Waals surface area (Å²) in [5.74, 6) is -3.20. The summed E-state index contributed by atoms with van der Waals surface area (Å²) in [7, 11) is 0. The number of carboxylic acids is 2. The summed E-state index contributed by atoms with van der Waals surface area (Å²) in [6.07, 6.45) is -0.179. The van der Waals surface area contributed by atoms with Crippen LogP contribution in [0.3, 0.4) is 0 Å². The van der Waals surface area contributed by atoms with Crippen LogP contribution >= 0.6 is 0 Å². The van der Waals surface area contributed by atoms with E-state index in [4.69, 9.17) is 0 Å². The van der Waals surface area contributed by atoms with Crippen molar-refractivity contribution in [2.24, 2.45) is 5.41 Å². The van der Waals surface area contributed by atoms with E-state index in [0.717, 1.165) is 0 Å². The number of benzene rings is 1. The first-order valence-electron chi connectivity index (χ1n) is 4.99. The molecule has 0 radical (unpaired) electrons. The third-order valence-electron chi connectivity index (χ3n) is 2.73. The van der Waals surface area contributed by atoms with Gasteiger partial charge in [-0.05, 0) is 18.4 Å². The van der Waals surface area contributed by atoms with Gasteiger partial charge >= 0.3 is 48.9 Å². The van der Waals surface area contributed by atoms with Gasteiger partial charge in [0, 0.05) is 0 Å². The van der Waals surface area contributed by atoms with Crippen molar-refractivity contribution in [2.75, 3.05) is 0 Å². The molecule has 0 spiro atoms. The molecule has 0 aliphatic rings. The minimum absolute atomic E-state index is 0. The Kier molecular flexibility index (Phi) is 7.11. The molecule has 0 heterocycles. The van der Waals surface area contributed by atoms with Crippen LogP contribution in [0, 0.1) is 5.41 Å². The standard InChI is InChI=1S/C12H14O4.Ba/c1-2-12(10(13)14,11(15)16)8-9-6-4-3-5-7-9;/h3-7H,2,8H2,1H3,(H,13,14)(H,15,16);/q;+2/p-2. The summed E-state index contributed by atoms with van der Waals surface area (Å²) in [5.41, 5.74) is -1.31. The summed E-state index contributed by atoms with van der Waals surface area (Å²) in [6.45, 7) is 1.49. The van der Waals surface area contributed by atoms with Gasteiger partial charge in [-0.3, -0.25) is 0 Å². The Morgan fingerprint density at radius 3 is 1.94 bits per heavy atom. The molecule has 0 bridgehead atoms. The van der Waals surface area contributed by atoms with Crippen molar-refractivity contribution in [2.45, 2.75) is 19.8 Å². The average molecular weight is 358 g/mol. The number of carboxylic acid groups (broad SMARTS) is 2. The zero-order valence-corrected chi connectivity index (χ0v) is 14.1. The van der Waals surface area contributed by atoms with Crippen LogP contribution in [0.25, 0.3) is 0 Å². The molecular weight excluding hydrogens is 345 g/mol. The maximum absolute atomic E-state index is 11.0. The molecule has 17 heavy (non-hydrogen) atoms. The Morgan fingerprint density at radius 2 is 1.59 bits per heavy atom. The van der Waals surface area contributed by atoms with Crippen molar-refractivity contribution in [1.29, 1.82) is 0 Å². The summed E-state index contributed by atoms with van der Waals surface area (Å²) in [6, 6.07) is 8.57. The minimum Gasteiger partial charge on any atom is -0.549 e. The van der Waals surface area contributed by atoms with E-state index in [2.05, 4.69) is 0 Å². The fraction of sp³-hybridized carbons (Fsp3) is 0.333. The molecule has 1 rings (SSSR count). The SMILES string of the molecule is CCC(Cc1ccccc1)(C(=O)[O-])C(=O)[O-].[Ba+2]. The van der Waals surface area contributed by atoms with Gasteiger partial charge in [-0.25, -0.2) is 0 Å². The molecule has 0 aliphatic carbocycles. The van der Waals surface area contributed by atoms with Crippen LogP contribution in [0.1, 0.15) is 18.9 Å². The molecule has 0 unspecified atom stereocenters. The van der Waals surface area contributed by atoms with Gasteiger partial charge in [-0.15, -0.1) is 0 Å². The van der Waals surface area contributed by atoms with E-state index in [0.29, 0.717) is 5.56 Å². The van der Waals surface area contributed by atoms with Gasteiger partial charge in [-0.2, -0.15) is 0 Å². The second-order valence-corrected chi connectivity index (χ2v) is 3.67. The van der Waals surface area contributed by atoms with Gasteiger partial charge in [0.15, 0.2) is 0 Å². The van der Waals surface area contributed by atoms with Crippen LogP contribution in [-0.4, -0.2) is 60.8 Å². The third kappa shape index (κ3) is 3.86. The van der Waals surface area contributed by atoms with Crippen molar-refractivity contribution in [1.82, 2.24) is 0 Å². The van der Waals surface area contributed by atoms with E-state index in [1.54, 1.807) is 30.3 Å². The maximum Gasteiger partial charge on any atom is 2.00 e. The first-order chi connectivity index (χ1) is 7.53. The van der Waals surface area contributed by atoms with Crippen molar-refractivity contribution in [3.63, 3.8) is 0 Å². The zero-order valence-electron chi connectivity index (χ0n) is 9.64. The monoisotopic (exact) mass is 358 g/mol. The number of hydrogen-bond acceptors (Lipinski definition) is 4. The molecule has 0 N–H and O–H groups in total. The van der Waals surface area contributed by atoms with Crippen LogP contribution in [0.15, 0.2) is 30.3 Å². The van der Waals surface area contributed by atoms with E-state index < -0.39 is 17.4 Å². The number of carbonyl (C=O) groups is 2. The largest absolute Gasteiger partial charge is 2.00 e. The van der Waals surface area contributed by atoms with E-state index >= 15 is 0 Å². The quantitative estimate of drug-likeness (QED) is 0.487. The molecule has 0 saturated heterocycles. The Balaban J connectivity index is 0.00000256. The Hall–Kier alpha value is -0.269. The van der Waals surface area contributed by atoms with Crippen molar-refractivity contribution in [3.05, 3.63) is 35.9 Å². The van der Waals surface area contributed by atoms with Gasteiger partial charge in [0.1, 0.15) is 0 Å². The summed E-state index contributed by atoms with van der Waals surface area (Å²) >= 11 is 0. The predicted molar refractivity (Wildman–Crippen MR) is 58.6 cm³/mol. The van der Waals surface area contributed by atoms with E-state index in [1.807, 2.05) is 0 Å². The molecule has 0 aromatic heterocycles. The first kappa shape index (κ1) is 16.7. The maximum atomic E-state index is 11.0. The molecule has 0 aliphatic heterocycles. The fourth-order valence-electron chi connectivity index (χ4n) is 1.59. The third-order valence-corrected chi connectivity index (χ3v) is 2.73. The van der Waals surface area contributed by atoms with E-state index in [1.165, 1.54) is 6.92 Å². The van der Waals surface area contributed by atoms with Crippen LogP contribution in [0.4, 0.5) is 0 Å². The Bertz CT molecular complexity index is 375. The summed E-state index contributed by atoms with van der Waals surface area (Å²) < 4.78 is 0. The van der Waals surface area contributed by atoms with Gasteiger partial charge in [-0.1, -0.05) is 37.3 Å². The molecule has 0 saturated carbocycles. The summed E-state index contributed by atoms with van der Waals surface area (Å²) in [4.78, 5) is 21.9. The smallest absolute Gasteiger partial charge is 0.549 e. The van der Waals surface area contributed by atoms with Gasteiger partial charge in [0.2, 0.25) is 0 Å². The van der Waals surface area contributed by atoms with Crippen LogP contribution in [-0.2, 0) is 16.0 Å². The number of aliphatic carboxylic acids is 2. The molecule has 4 nitrogen and oxygen atoms in total. The minimum atomic E-state index is -1.94. The van der Waals surface area contributed by atoms with Gasteiger partial charge in [0.25, 0.3) is 0 Å². The van der Waals surface area contributed by atoms with Crippen molar-refractivity contribution in [3.8, 4) is 0 Å². The molecular formula is C12H12BaO4. The van der Waals surface area contributed by atoms with Crippen LogP contribution in [0.2, 0.25) is 0 Å². The molecule has 86 valence electrons. The normalized spacial score (nSPS) is 10.4. The molecule has 1 aromatic rings. The Labute approximate surface area is 140 Å². The van der Waals surface area contributed by atoms with Gasteiger partial charge in [0.05, 0.1) is 17.4 Å². The molecule has 0 fully saturated rings. The number of carbonyl (C=O) groups excluding carboxylic acids is 2. The molecule has 1 aromatic carbocycles. The zero-order chi connectivity index (χ0) is 12.2. The second kappa shape index (κ2) is 7.23. The van der Waals surface area contributed by atoms with E-state index in [9.17, 15) is 19.8 Å². The Morgan fingerprint density at radius 1 is 1.12 bits per heavy atom. The van der Waals surface area contributed by atoms with Crippen molar-refractivity contribution < 1.29 is 19.8 Å². The van der Waals surface area contributed by atoms with Crippen LogP contribution < -0.4 is 10.2 Å². The van der Waals surface area contributed by atoms with Crippen LogP contribution in [0.5, 0.6) is 0 Å². The average Bonchev–Trinajstić information content (AvgIpc) is 2.26.